The lowest BCUT2D eigenvalue weighted by Gasteiger charge is -2.23. The van der Waals surface area contributed by atoms with E-state index >= 15 is 0 Å². The molecule has 1 aromatic carbocycles. The van der Waals surface area contributed by atoms with Gasteiger partial charge in [0.1, 0.15) is 18.8 Å². The van der Waals surface area contributed by atoms with Crippen molar-refractivity contribution in [1.29, 1.82) is 0 Å². The number of ketones is 1. The lowest BCUT2D eigenvalue weighted by molar-refractivity contribution is -0.907. The van der Waals surface area contributed by atoms with E-state index in [9.17, 15) is 4.79 Å². The Morgan fingerprint density at radius 3 is 2.62 bits per heavy atom. The van der Waals surface area contributed by atoms with E-state index in [0.717, 1.165) is 63.6 Å². The highest BCUT2D eigenvalue weighted by Crippen LogP contribution is 2.13. The third-order valence-corrected chi connectivity index (χ3v) is 3.85. The van der Waals surface area contributed by atoms with Gasteiger partial charge in [0.2, 0.25) is 0 Å². The van der Waals surface area contributed by atoms with Crippen molar-refractivity contribution in [2.75, 3.05) is 39.5 Å². The SMILES string of the molecule is CCCCOc1ccc(C(=O)CC[NH+]2CCOCC2)cc1. The quantitative estimate of drug-likeness (QED) is 0.581. The second kappa shape index (κ2) is 8.80. The monoisotopic (exact) mass is 292 g/mol. The number of morpholine rings is 1. The van der Waals surface area contributed by atoms with E-state index in [0.29, 0.717) is 6.42 Å². The summed E-state index contributed by atoms with van der Waals surface area (Å²) in [5, 5.41) is 0. The molecule has 0 spiro atoms. The number of unbranched alkanes of at least 4 members (excludes halogenated alkanes) is 1. The lowest BCUT2D eigenvalue weighted by atomic mass is 10.1. The first-order valence-corrected chi connectivity index (χ1v) is 7.97. The number of carbonyl (C=O) groups is 1. The number of nitrogens with one attached hydrogen (secondary N) is 1. The van der Waals surface area contributed by atoms with Crippen LogP contribution >= 0.6 is 0 Å². The minimum Gasteiger partial charge on any atom is -0.494 e. The van der Waals surface area contributed by atoms with Crippen molar-refractivity contribution in [3.05, 3.63) is 29.8 Å². The van der Waals surface area contributed by atoms with Gasteiger partial charge in [-0.1, -0.05) is 13.3 Å². The molecule has 0 amide bonds. The minimum absolute atomic E-state index is 0.217. The summed E-state index contributed by atoms with van der Waals surface area (Å²) in [7, 11) is 0. The molecule has 116 valence electrons. The zero-order chi connectivity index (χ0) is 14.9. The van der Waals surface area contributed by atoms with Crippen LogP contribution in [0.2, 0.25) is 0 Å². The molecule has 0 aliphatic carbocycles. The van der Waals surface area contributed by atoms with Gasteiger partial charge in [0, 0.05) is 5.56 Å². The number of ether oxygens (including phenoxy) is 2. The molecule has 0 aromatic heterocycles. The van der Waals surface area contributed by atoms with Crippen LogP contribution in [0.1, 0.15) is 36.5 Å². The van der Waals surface area contributed by atoms with Crippen LogP contribution in [0.15, 0.2) is 24.3 Å². The average Bonchev–Trinajstić information content (AvgIpc) is 2.54. The van der Waals surface area contributed by atoms with Crippen molar-refractivity contribution in [2.45, 2.75) is 26.2 Å². The largest absolute Gasteiger partial charge is 0.494 e. The molecule has 1 heterocycles. The summed E-state index contributed by atoms with van der Waals surface area (Å²) in [6.45, 7) is 7.43. The van der Waals surface area contributed by atoms with Gasteiger partial charge >= 0.3 is 0 Å². The van der Waals surface area contributed by atoms with Crippen LogP contribution in [0.3, 0.4) is 0 Å². The number of Topliss-reactive ketones (excluding diaryl/α,β-unsaturated/α-hetero) is 1. The number of carbonyl (C=O) groups excluding carboxylic acids is 1. The predicted molar refractivity (Wildman–Crippen MR) is 82.2 cm³/mol. The van der Waals surface area contributed by atoms with Crippen LogP contribution in [0.4, 0.5) is 0 Å². The summed E-state index contributed by atoms with van der Waals surface area (Å²) in [5.74, 6) is 1.06. The zero-order valence-corrected chi connectivity index (χ0v) is 12.9. The molecule has 0 unspecified atom stereocenters. The minimum atomic E-state index is 0.217. The van der Waals surface area contributed by atoms with Crippen LogP contribution < -0.4 is 9.64 Å². The molecule has 0 radical (unpaired) electrons. The van der Waals surface area contributed by atoms with Crippen molar-refractivity contribution in [3.63, 3.8) is 0 Å². The molecule has 1 N–H and O–H groups in total. The highest BCUT2D eigenvalue weighted by molar-refractivity contribution is 5.96. The normalized spacial score (nSPS) is 15.9. The molecule has 4 heteroatoms. The maximum Gasteiger partial charge on any atom is 0.168 e. The van der Waals surface area contributed by atoms with Gasteiger partial charge in [-0.3, -0.25) is 4.79 Å². The zero-order valence-electron chi connectivity index (χ0n) is 12.9. The van der Waals surface area contributed by atoms with Gasteiger partial charge in [-0.15, -0.1) is 0 Å². The van der Waals surface area contributed by atoms with Gasteiger partial charge in [-0.25, -0.2) is 0 Å². The number of benzene rings is 1. The van der Waals surface area contributed by atoms with Crippen LogP contribution in [0, 0.1) is 0 Å². The fourth-order valence-corrected chi connectivity index (χ4v) is 2.42. The van der Waals surface area contributed by atoms with Crippen LogP contribution in [0.5, 0.6) is 5.75 Å². The standard InChI is InChI=1S/C17H25NO3/c1-2-3-12-21-16-6-4-15(5-7-16)17(19)8-9-18-10-13-20-14-11-18/h4-7H,2-3,8-14H2,1H3/p+1. The van der Waals surface area contributed by atoms with E-state index in [1.54, 1.807) is 0 Å². The Morgan fingerprint density at radius 2 is 1.95 bits per heavy atom. The molecule has 4 nitrogen and oxygen atoms in total. The van der Waals surface area contributed by atoms with Crippen molar-refractivity contribution in [3.8, 4) is 5.75 Å². The Hall–Kier alpha value is -1.39. The van der Waals surface area contributed by atoms with Gasteiger partial charge < -0.3 is 14.4 Å². The first-order valence-electron chi connectivity index (χ1n) is 7.97. The number of rotatable bonds is 8. The van der Waals surface area contributed by atoms with E-state index in [2.05, 4.69) is 6.92 Å². The summed E-state index contributed by atoms with van der Waals surface area (Å²) in [5.41, 5.74) is 0.783. The Kier molecular flexibility index (Phi) is 6.70. The number of hydrogen-bond acceptors (Lipinski definition) is 3. The van der Waals surface area contributed by atoms with Gasteiger partial charge in [-0.2, -0.15) is 0 Å². The topological polar surface area (TPSA) is 40.0 Å². The van der Waals surface area contributed by atoms with E-state index < -0.39 is 0 Å². The van der Waals surface area contributed by atoms with Crippen molar-refractivity contribution in [2.24, 2.45) is 0 Å². The third-order valence-electron chi connectivity index (χ3n) is 3.85. The van der Waals surface area contributed by atoms with Crippen molar-refractivity contribution < 1.29 is 19.2 Å². The lowest BCUT2D eigenvalue weighted by Crippen LogP contribution is -3.14. The second-order valence-electron chi connectivity index (χ2n) is 5.51. The molecule has 21 heavy (non-hydrogen) atoms. The summed E-state index contributed by atoms with van der Waals surface area (Å²) < 4.78 is 10.9. The smallest absolute Gasteiger partial charge is 0.168 e. The highest BCUT2D eigenvalue weighted by Gasteiger charge is 2.15. The molecule has 0 bridgehead atoms. The number of hydrogen-bond donors (Lipinski definition) is 1. The van der Waals surface area contributed by atoms with Crippen molar-refractivity contribution >= 4 is 5.78 Å². The molecular weight excluding hydrogens is 266 g/mol. The molecule has 2 rings (SSSR count). The molecule has 0 saturated carbocycles. The van der Waals surface area contributed by atoms with E-state index in [1.807, 2.05) is 24.3 Å². The molecule has 1 saturated heterocycles. The molecule has 1 aliphatic rings. The highest BCUT2D eigenvalue weighted by atomic mass is 16.5. The maximum absolute atomic E-state index is 12.2. The van der Waals surface area contributed by atoms with E-state index in [1.165, 1.54) is 4.90 Å². The molecular formula is C17H26NO3+. The predicted octanol–water partition coefficient (Wildman–Crippen LogP) is 1.35. The summed E-state index contributed by atoms with van der Waals surface area (Å²) in [6.07, 6.45) is 2.79. The Labute approximate surface area is 127 Å². The summed E-state index contributed by atoms with van der Waals surface area (Å²) >= 11 is 0. The summed E-state index contributed by atoms with van der Waals surface area (Å²) in [4.78, 5) is 13.6. The van der Waals surface area contributed by atoms with E-state index in [-0.39, 0.29) is 5.78 Å². The van der Waals surface area contributed by atoms with Crippen molar-refractivity contribution in [1.82, 2.24) is 0 Å². The maximum atomic E-state index is 12.2. The average molecular weight is 292 g/mol. The Morgan fingerprint density at radius 1 is 1.24 bits per heavy atom. The Balaban J connectivity index is 1.76. The first kappa shape index (κ1) is 16.0. The van der Waals surface area contributed by atoms with Gasteiger partial charge in [0.05, 0.1) is 32.8 Å². The Bertz CT molecular complexity index is 424. The number of quaternary nitrogens is 1. The van der Waals surface area contributed by atoms with Gasteiger partial charge in [0.25, 0.3) is 0 Å². The van der Waals surface area contributed by atoms with Crippen LogP contribution in [0.25, 0.3) is 0 Å². The summed E-state index contributed by atoms with van der Waals surface area (Å²) in [6, 6.07) is 7.53. The second-order valence-corrected chi connectivity index (χ2v) is 5.51. The first-order chi connectivity index (χ1) is 10.3. The van der Waals surface area contributed by atoms with Crippen LogP contribution in [-0.4, -0.2) is 45.2 Å². The molecule has 1 aromatic rings. The van der Waals surface area contributed by atoms with Gasteiger partial charge in [-0.05, 0) is 30.7 Å². The fraction of sp³-hybridized carbons (Fsp3) is 0.588. The fourth-order valence-electron chi connectivity index (χ4n) is 2.42. The molecule has 1 fully saturated rings. The van der Waals surface area contributed by atoms with Crippen LogP contribution in [-0.2, 0) is 4.74 Å². The van der Waals surface area contributed by atoms with E-state index in [4.69, 9.17) is 9.47 Å². The molecule has 1 aliphatic heterocycles. The third kappa shape index (κ3) is 5.48. The van der Waals surface area contributed by atoms with Gasteiger partial charge in [0.15, 0.2) is 5.78 Å². The molecule has 0 atom stereocenters.